The minimum atomic E-state index is -1.04. The van der Waals surface area contributed by atoms with Crippen molar-refractivity contribution < 1.29 is 19.5 Å². The Kier molecular flexibility index (Phi) is 8.37. The van der Waals surface area contributed by atoms with Crippen LogP contribution in [0.5, 0.6) is 0 Å². The molecular formula is C22H25N3O4. The molecule has 0 saturated carbocycles. The largest absolute Gasteiger partial charge is 0.377 e. The van der Waals surface area contributed by atoms with Crippen molar-refractivity contribution in [2.24, 2.45) is 5.73 Å². The van der Waals surface area contributed by atoms with Crippen molar-refractivity contribution in [3.05, 3.63) is 70.8 Å². The molecule has 2 atom stereocenters. The van der Waals surface area contributed by atoms with Gasteiger partial charge in [-0.05, 0) is 55.8 Å². The molecule has 0 saturated heterocycles. The lowest BCUT2D eigenvalue weighted by Gasteiger charge is -2.20. The van der Waals surface area contributed by atoms with Crippen LogP contribution in [-0.4, -0.2) is 35.7 Å². The lowest BCUT2D eigenvalue weighted by atomic mass is 10.1. The van der Waals surface area contributed by atoms with E-state index in [2.05, 4.69) is 17.2 Å². The fraction of sp³-hybridized carbons (Fsp3) is 0.273. The summed E-state index contributed by atoms with van der Waals surface area (Å²) in [6.07, 6.45) is 0. The van der Waals surface area contributed by atoms with Crippen LogP contribution in [0.15, 0.2) is 48.5 Å². The molecule has 2 amide bonds. The summed E-state index contributed by atoms with van der Waals surface area (Å²) < 4.78 is 5.37. The number of carbonyl (C=O) groups is 2. The van der Waals surface area contributed by atoms with E-state index in [9.17, 15) is 9.59 Å². The second-order valence-corrected chi connectivity index (χ2v) is 6.45. The van der Waals surface area contributed by atoms with Crippen LogP contribution in [0.25, 0.3) is 0 Å². The number of nitrogens with two attached hydrogens (primary N) is 1. The summed E-state index contributed by atoms with van der Waals surface area (Å²) in [6.45, 7) is 4.77. The molecule has 7 heteroatoms. The van der Waals surface area contributed by atoms with Crippen LogP contribution in [0.2, 0.25) is 0 Å². The van der Waals surface area contributed by atoms with E-state index in [4.69, 9.17) is 15.7 Å². The van der Waals surface area contributed by atoms with Gasteiger partial charge >= 0.3 is 0 Å². The summed E-state index contributed by atoms with van der Waals surface area (Å²) in [6, 6.07) is 12.8. The molecular weight excluding hydrogens is 370 g/mol. The molecule has 2 rings (SSSR count). The van der Waals surface area contributed by atoms with Crippen molar-refractivity contribution in [2.75, 3.05) is 6.61 Å². The van der Waals surface area contributed by atoms with Gasteiger partial charge in [-0.1, -0.05) is 24.0 Å². The van der Waals surface area contributed by atoms with Crippen molar-refractivity contribution in [1.82, 2.24) is 10.8 Å². The molecule has 29 heavy (non-hydrogen) atoms. The Morgan fingerprint density at radius 2 is 1.62 bits per heavy atom. The number of rotatable bonds is 7. The first kappa shape index (κ1) is 22.1. The van der Waals surface area contributed by atoms with E-state index in [0.29, 0.717) is 18.8 Å². The lowest BCUT2D eigenvalue weighted by Crippen LogP contribution is -2.54. The summed E-state index contributed by atoms with van der Waals surface area (Å²) in [4.78, 5) is 23.9. The van der Waals surface area contributed by atoms with Crippen LogP contribution < -0.4 is 16.5 Å². The molecule has 152 valence electrons. The van der Waals surface area contributed by atoms with Gasteiger partial charge in [0.15, 0.2) is 0 Å². The molecule has 2 aromatic rings. The maximum atomic E-state index is 12.3. The molecule has 0 aliphatic carbocycles. The summed E-state index contributed by atoms with van der Waals surface area (Å²) in [5, 5.41) is 11.3. The maximum absolute atomic E-state index is 12.3. The number of ether oxygens (including phenoxy) is 1. The highest BCUT2D eigenvalue weighted by molar-refractivity contribution is 5.97. The summed E-state index contributed by atoms with van der Waals surface area (Å²) in [5.74, 6) is 4.87. The maximum Gasteiger partial charge on any atom is 0.267 e. The monoisotopic (exact) mass is 395 g/mol. The number of amides is 2. The van der Waals surface area contributed by atoms with E-state index >= 15 is 0 Å². The quantitative estimate of drug-likeness (QED) is 0.323. The van der Waals surface area contributed by atoms with Crippen molar-refractivity contribution in [1.29, 1.82) is 0 Å². The number of hydrogen-bond acceptors (Lipinski definition) is 5. The average molecular weight is 395 g/mol. The molecule has 0 heterocycles. The van der Waals surface area contributed by atoms with E-state index in [0.717, 1.165) is 16.7 Å². The molecule has 0 aliphatic heterocycles. The molecule has 5 N–H and O–H groups in total. The van der Waals surface area contributed by atoms with Gasteiger partial charge in [-0.3, -0.25) is 14.8 Å². The van der Waals surface area contributed by atoms with Crippen molar-refractivity contribution in [3.8, 4) is 11.8 Å². The second kappa shape index (κ2) is 11.0. The fourth-order valence-corrected chi connectivity index (χ4v) is 2.48. The number of nitrogens with one attached hydrogen (secondary N) is 2. The predicted octanol–water partition coefficient (Wildman–Crippen LogP) is 1.57. The lowest BCUT2D eigenvalue weighted by molar-refractivity contribution is -0.131. The van der Waals surface area contributed by atoms with Crippen LogP contribution in [0.3, 0.4) is 0 Å². The highest BCUT2D eigenvalue weighted by Gasteiger charge is 2.24. The Balaban J connectivity index is 2.02. The van der Waals surface area contributed by atoms with Gasteiger partial charge in [-0.25, -0.2) is 5.48 Å². The summed E-state index contributed by atoms with van der Waals surface area (Å²) >= 11 is 0. The van der Waals surface area contributed by atoms with Crippen molar-refractivity contribution in [2.45, 2.75) is 32.5 Å². The molecule has 2 aromatic carbocycles. The number of benzene rings is 2. The van der Waals surface area contributed by atoms with Gasteiger partial charge in [0.1, 0.15) is 6.04 Å². The van der Waals surface area contributed by atoms with Crippen LogP contribution in [0.4, 0.5) is 0 Å². The SMILES string of the molecule is CCOCc1ccc(C#Cc2ccc(C(=O)NC(C(=O)NO)C(C)N)cc2)cc1. The normalized spacial score (nSPS) is 12.3. The van der Waals surface area contributed by atoms with E-state index in [1.165, 1.54) is 5.48 Å². The van der Waals surface area contributed by atoms with E-state index in [-0.39, 0.29) is 0 Å². The fourth-order valence-electron chi connectivity index (χ4n) is 2.48. The van der Waals surface area contributed by atoms with Crippen LogP contribution >= 0.6 is 0 Å². The van der Waals surface area contributed by atoms with Gasteiger partial charge < -0.3 is 15.8 Å². The zero-order valence-electron chi connectivity index (χ0n) is 16.4. The van der Waals surface area contributed by atoms with Gasteiger partial charge in [0.2, 0.25) is 0 Å². The zero-order chi connectivity index (χ0) is 21.2. The summed E-state index contributed by atoms with van der Waals surface area (Å²) in [7, 11) is 0. The Hall–Kier alpha value is -3.18. The predicted molar refractivity (Wildman–Crippen MR) is 109 cm³/mol. The van der Waals surface area contributed by atoms with Crippen molar-refractivity contribution >= 4 is 11.8 Å². The molecule has 0 radical (unpaired) electrons. The van der Waals surface area contributed by atoms with E-state index in [1.807, 2.05) is 31.2 Å². The average Bonchev–Trinajstić information content (AvgIpc) is 2.74. The van der Waals surface area contributed by atoms with Gasteiger partial charge in [-0.2, -0.15) is 0 Å². The minimum Gasteiger partial charge on any atom is -0.377 e. The van der Waals surface area contributed by atoms with Crippen molar-refractivity contribution in [3.63, 3.8) is 0 Å². The molecule has 0 aromatic heterocycles. The van der Waals surface area contributed by atoms with Gasteiger partial charge in [-0.15, -0.1) is 0 Å². The number of hydrogen-bond donors (Lipinski definition) is 4. The van der Waals surface area contributed by atoms with Crippen LogP contribution in [0, 0.1) is 11.8 Å². The Morgan fingerprint density at radius 3 is 2.10 bits per heavy atom. The van der Waals surface area contributed by atoms with E-state index < -0.39 is 23.9 Å². The van der Waals surface area contributed by atoms with Gasteiger partial charge in [0.05, 0.1) is 6.61 Å². The van der Waals surface area contributed by atoms with Crippen LogP contribution in [0.1, 0.15) is 40.9 Å². The zero-order valence-corrected chi connectivity index (χ0v) is 16.4. The molecule has 0 bridgehead atoms. The molecule has 7 nitrogen and oxygen atoms in total. The first-order chi connectivity index (χ1) is 13.9. The third-order valence-electron chi connectivity index (χ3n) is 4.13. The standard InChI is InChI=1S/C22H25N3O4/c1-3-29-14-18-8-6-16(7-9-18)4-5-17-10-12-19(13-11-17)21(26)24-20(15(2)23)22(27)25-28/h6-13,15,20,28H,3,14,23H2,1-2H3,(H,24,26)(H,25,27). The molecule has 0 aliphatic rings. The first-order valence-electron chi connectivity index (χ1n) is 9.23. The molecule has 0 spiro atoms. The summed E-state index contributed by atoms with van der Waals surface area (Å²) in [5.41, 5.74) is 10.2. The third-order valence-corrected chi connectivity index (χ3v) is 4.13. The smallest absolute Gasteiger partial charge is 0.267 e. The third kappa shape index (κ3) is 6.73. The molecule has 0 fully saturated rings. The molecule has 2 unspecified atom stereocenters. The number of carbonyl (C=O) groups excluding carboxylic acids is 2. The Bertz CT molecular complexity index is 881. The van der Waals surface area contributed by atoms with Gasteiger partial charge in [0, 0.05) is 29.3 Å². The highest BCUT2D eigenvalue weighted by Crippen LogP contribution is 2.07. The Morgan fingerprint density at radius 1 is 1.07 bits per heavy atom. The van der Waals surface area contributed by atoms with Gasteiger partial charge in [0.25, 0.3) is 11.8 Å². The Labute approximate surface area is 170 Å². The second-order valence-electron chi connectivity index (χ2n) is 6.45. The van der Waals surface area contributed by atoms with E-state index in [1.54, 1.807) is 31.2 Å². The first-order valence-corrected chi connectivity index (χ1v) is 9.23. The topological polar surface area (TPSA) is 114 Å². The van der Waals surface area contributed by atoms with Crippen LogP contribution in [-0.2, 0) is 16.1 Å². The highest BCUT2D eigenvalue weighted by atomic mass is 16.5. The number of hydroxylamine groups is 1. The minimum absolute atomic E-state index is 0.354.